The van der Waals surface area contributed by atoms with E-state index in [0.717, 1.165) is 36.1 Å². The molecule has 2 amide bonds. The van der Waals surface area contributed by atoms with Gasteiger partial charge in [-0.3, -0.25) is 9.59 Å². The first-order valence-electron chi connectivity index (χ1n) is 9.30. The van der Waals surface area contributed by atoms with Crippen LogP contribution in [0.4, 0.5) is 5.69 Å². The summed E-state index contributed by atoms with van der Waals surface area (Å²) in [6, 6.07) is 5.73. The molecule has 0 atom stereocenters. The number of hydrogen-bond donors (Lipinski definition) is 2. The number of anilines is 1. The van der Waals surface area contributed by atoms with Gasteiger partial charge in [-0.2, -0.15) is 0 Å². The van der Waals surface area contributed by atoms with Gasteiger partial charge in [-0.1, -0.05) is 31.4 Å². The first kappa shape index (κ1) is 19.4. The summed E-state index contributed by atoms with van der Waals surface area (Å²) in [4.78, 5) is 23.8. The Bertz CT molecular complexity index is 580. The van der Waals surface area contributed by atoms with Crippen molar-refractivity contribution in [3.63, 3.8) is 0 Å². The van der Waals surface area contributed by atoms with Crippen LogP contribution in [0.5, 0.6) is 0 Å². The van der Waals surface area contributed by atoms with Crippen LogP contribution in [0.2, 0.25) is 0 Å². The van der Waals surface area contributed by atoms with E-state index in [4.69, 9.17) is 4.74 Å². The van der Waals surface area contributed by atoms with E-state index in [0.29, 0.717) is 19.3 Å². The molecule has 0 heterocycles. The summed E-state index contributed by atoms with van der Waals surface area (Å²) in [5.41, 5.74) is 2.90. The predicted molar refractivity (Wildman–Crippen MR) is 99.6 cm³/mol. The van der Waals surface area contributed by atoms with E-state index >= 15 is 0 Å². The molecule has 25 heavy (non-hydrogen) atoms. The van der Waals surface area contributed by atoms with Gasteiger partial charge in [0.2, 0.25) is 11.8 Å². The quantitative estimate of drug-likeness (QED) is 0.559. The molecule has 1 fully saturated rings. The zero-order valence-corrected chi connectivity index (χ0v) is 15.4. The van der Waals surface area contributed by atoms with Crippen LogP contribution < -0.4 is 10.6 Å². The molecule has 0 aromatic heterocycles. The molecule has 2 N–H and O–H groups in total. The van der Waals surface area contributed by atoms with Gasteiger partial charge >= 0.3 is 0 Å². The van der Waals surface area contributed by atoms with E-state index in [-0.39, 0.29) is 18.2 Å². The fourth-order valence-electron chi connectivity index (χ4n) is 3.07. The maximum absolute atomic E-state index is 12.0. The third kappa shape index (κ3) is 6.86. The Morgan fingerprint density at radius 1 is 1.12 bits per heavy atom. The van der Waals surface area contributed by atoms with Crippen LogP contribution in [0.3, 0.4) is 0 Å². The summed E-state index contributed by atoms with van der Waals surface area (Å²) >= 11 is 0. The molecule has 1 saturated carbocycles. The number of amides is 2. The fourth-order valence-corrected chi connectivity index (χ4v) is 3.07. The molecule has 0 radical (unpaired) electrons. The predicted octanol–water partition coefficient (Wildman–Crippen LogP) is 3.49. The molecule has 5 heteroatoms. The van der Waals surface area contributed by atoms with E-state index in [9.17, 15) is 9.59 Å². The zero-order chi connectivity index (χ0) is 18.1. The Labute approximate surface area is 150 Å². The van der Waals surface area contributed by atoms with Gasteiger partial charge in [0.25, 0.3) is 0 Å². The fraction of sp³-hybridized carbons (Fsp3) is 0.600. The van der Waals surface area contributed by atoms with Crippen LogP contribution in [-0.4, -0.2) is 31.1 Å². The number of benzene rings is 1. The molecule has 138 valence electrons. The second-order valence-electron chi connectivity index (χ2n) is 6.81. The second-order valence-corrected chi connectivity index (χ2v) is 6.81. The highest BCUT2D eigenvalue weighted by Gasteiger charge is 2.14. The Hall–Kier alpha value is -1.88. The maximum Gasteiger partial charge on any atom is 0.233 e. The normalized spacial score (nSPS) is 15.0. The third-order valence-corrected chi connectivity index (χ3v) is 4.75. The van der Waals surface area contributed by atoms with Crippen molar-refractivity contribution in [2.75, 3.05) is 18.5 Å². The van der Waals surface area contributed by atoms with Crippen LogP contribution in [0.1, 0.15) is 56.1 Å². The van der Waals surface area contributed by atoms with Crippen molar-refractivity contribution < 1.29 is 14.3 Å². The summed E-state index contributed by atoms with van der Waals surface area (Å²) in [6.07, 6.45) is 7.18. The third-order valence-electron chi connectivity index (χ3n) is 4.75. The van der Waals surface area contributed by atoms with Crippen molar-refractivity contribution in [1.29, 1.82) is 0 Å². The Kier molecular flexibility index (Phi) is 7.92. The lowest BCUT2D eigenvalue weighted by atomic mass is 9.98. The summed E-state index contributed by atoms with van der Waals surface area (Å²) < 4.78 is 5.82. The SMILES string of the molecule is Cc1cccc(NC(=O)CC(=O)NCCCOC2CCCCC2)c1C. The van der Waals surface area contributed by atoms with Crippen molar-refractivity contribution in [3.8, 4) is 0 Å². The Morgan fingerprint density at radius 2 is 1.88 bits per heavy atom. The first-order chi connectivity index (χ1) is 12.1. The van der Waals surface area contributed by atoms with Crippen LogP contribution in [-0.2, 0) is 14.3 Å². The van der Waals surface area contributed by atoms with Crippen LogP contribution in [0.15, 0.2) is 18.2 Å². The molecule has 1 aromatic rings. The molecule has 0 saturated heterocycles. The van der Waals surface area contributed by atoms with Gasteiger partial charge in [-0.15, -0.1) is 0 Å². The minimum atomic E-state index is -0.287. The summed E-state index contributed by atoms with van der Waals surface area (Å²) in [5, 5.41) is 5.59. The molecule has 1 aliphatic rings. The number of rotatable bonds is 8. The van der Waals surface area contributed by atoms with Gasteiger partial charge in [-0.05, 0) is 50.3 Å². The van der Waals surface area contributed by atoms with E-state index in [1.807, 2.05) is 32.0 Å². The number of ether oxygens (including phenoxy) is 1. The number of hydrogen-bond acceptors (Lipinski definition) is 3. The van der Waals surface area contributed by atoms with E-state index in [2.05, 4.69) is 10.6 Å². The van der Waals surface area contributed by atoms with E-state index in [1.54, 1.807) is 0 Å². The summed E-state index contributed by atoms with van der Waals surface area (Å²) in [6.45, 7) is 5.16. The van der Waals surface area contributed by atoms with Crippen molar-refractivity contribution in [1.82, 2.24) is 5.32 Å². The van der Waals surface area contributed by atoms with Crippen LogP contribution in [0, 0.1) is 13.8 Å². The number of nitrogens with one attached hydrogen (secondary N) is 2. The van der Waals surface area contributed by atoms with Gasteiger partial charge in [0, 0.05) is 18.8 Å². The largest absolute Gasteiger partial charge is 0.378 e. The lowest BCUT2D eigenvalue weighted by molar-refractivity contribution is -0.126. The van der Waals surface area contributed by atoms with Crippen molar-refractivity contribution in [2.24, 2.45) is 0 Å². The van der Waals surface area contributed by atoms with Crippen LogP contribution in [0.25, 0.3) is 0 Å². The maximum atomic E-state index is 12.0. The lowest BCUT2D eigenvalue weighted by Crippen LogP contribution is -2.30. The lowest BCUT2D eigenvalue weighted by Gasteiger charge is -2.21. The molecular formula is C20H30N2O3. The summed E-state index contributed by atoms with van der Waals surface area (Å²) in [5.74, 6) is -0.537. The first-order valence-corrected chi connectivity index (χ1v) is 9.30. The molecule has 0 bridgehead atoms. The second kappa shape index (κ2) is 10.2. The molecule has 1 aliphatic carbocycles. The van der Waals surface area contributed by atoms with Crippen molar-refractivity contribution in [2.45, 2.75) is 64.9 Å². The summed E-state index contributed by atoms with van der Waals surface area (Å²) in [7, 11) is 0. The molecule has 0 spiro atoms. The molecule has 0 aliphatic heterocycles. The van der Waals surface area contributed by atoms with Gasteiger partial charge in [0.15, 0.2) is 0 Å². The van der Waals surface area contributed by atoms with Crippen molar-refractivity contribution >= 4 is 17.5 Å². The molecule has 5 nitrogen and oxygen atoms in total. The number of carbonyl (C=O) groups is 2. The average Bonchev–Trinajstić information content (AvgIpc) is 2.59. The number of aryl methyl sites for hydroxylation is 1. The zero-order valence-electron chi connectivity index (χ0n) is 15.4. The minimum absolute atomic E-state index is 0.156. The average molecular weight is 346 g/mol. The smallest absolute Gasteiger partial charge is 0.233 e. The molecular weight excluding hydrogens is 316 g/mol. The highest BCUT2D eigenvalue weighted by atomic mass is 16.5. The molecule has 1 aromatic carbocycles. The van der Waals surface area contributed by atoms with E-state index < -0.39 is 0 Å². The standard InChI is InChI=1S/C20H30N2O3/c1-15-8-6-11-18(16(15)2)22-20(24)14-19(23)21-12-7-13-25-17-9-4-3-5-10-17/h6,8,11,17H,3-5,7,9-10,12-14H2,1-2H3,(H,21,23)(H,22,24). The highest BCUT2D eigenvalue weighted by molar-refractivity contribution is 6.03. The topological polar surface area (TPSA) is 67.4 Å². The highest BCUT2D eigenvalue weighted by Crippen LogP contribution is 2.20. The monoisotopic (exact) mass is 346 g/mol. The van der Waals surface area contributed by atoms with E-state index in [1.165, 1.54) is 19.3 Å². The molecule has 0 unspecified atom stereocenters. The van der Waals surface area contributed by atoms with Gasteiger partial charge in [0.1, 0.15) is 6.42 Å². The Morgan fingerprint density at radius 3 is 2.64 bits per heavy atom. The molecule has 2 rings (SSSR count). The minimum Gasteiger partial charge on any atom is -0.378 e. The van der Waals surface area contributed by atoms with Gasteiger partial charge < -0.3 is 15.4 Å². The van der Waals surface area contributed by atoms with Gasteiger partial charge in [-0.25, -0.2) is 0 Å². The Balaban J connectivity index is 1.59. The van der Waals surface area contributed by atoms with Crippen LogP contribution >= 0.6 is 0 Å². The van der Waals surface area contributed by atoms with Crippen molar-refractivity contribution in [3.05, 3.63) is 29.3 Å². The number of carbonyl (C=O) groups excluding carboxylic acids is 2. The van der Waals surface area contributed by atoms with Gasteiger partial charge in [0.05, 0.1) is 6.10 Å².